The minimum atomic E-state index is -0.375. The number of carbonyl (C=O) groups excluding carboxylic acids is 2. The first-order valence-electron chi connectivity index (χ1n) is 6.58. The summed E-state index contributed by atoms with van der Waals surface area (Å²) < 4.78 is 0. The van der Waals surface area contributed by atoms with Crippen molar-refractivity contribution in [2.24, 2.45) is 5.10 Å². The second-order valence-corrected chi connectivity index (χ2v) is 4.50. The van der Waals surface area contributed by atoms with E-state index < -0.39 is 0 Å². The van der Waals surface area contributed by atoms with Crippen molar-refractivity contribution in [2.75, 3.05) is 5.32 Å². The van der Waals surface area contributed by atoms with Crippen LogP contribution in [0.5, 0.6) is 0 Å². The van der Waals surface area contributed by atoms with Crippen molar-refractivity contribution in [1.29, 1.82) is 0 Å². The number of pyridine rings is 2. The molecule has 7 heteroatoms. The molecule has 0 aliphatic heterocycles. The van der Waals surface area contributed by atoms with Crippen molar-refractivity contribution in [2.45, 2.75) is 13.3 Å². The molecule has 2 heterocycles. The quantitative estimate of drug-likeness (QED) is 0.647. The molecule has 0 aromatic carbocycles. The number of aromatic nitrogens is 2. The topological polar surface area (TPSA) is 96.3 Å². The van der Waals surface area contributed by atoms with Gasteiger partial charge >= 0.3 is 0 Å². The number of anilines is 1. The van der Waals surface area contributed by atoms with Crippen molar-refractivity contribution in [1.82, 2.24) is 15.4 Å². The van der Waals surface area contributed by atoms with E-state index in [1.165, 1.54) is 6.20 Å². The lowest BCUT2D eigenvalue weighted by Crippen LogP contribution is -2.21. The molecule has 2 N–H and O–H groups in total. The van der Waals surface area contributed by atoms with Crippen LogP contribution in [0.2, 0.25) is 0 Å². The first-order valence-corrected chi connectivity index (χ1v) is 6.58. The molecular weight excluding hydrogens is 282 g/mol. The van der Waals surface area contributed by atoms with E-state index in [-0.39, 0.29) is 18.2 Å². The maximum atomic E-state index is 11.8. The summed E-state index contributed by atoms with van der Waals surface area (Å²) in [6, 6.07) is 6.75. The highest BCUT2D eigenvalue weighted by Crippen LogP contribution is 2.03. The monoisotopic (exact) mass is 297 g/mol. The highest BCUT2D eigenvalue weighted by Gasteiger charge is 2.07. The van der Waals surface area contributed by atoms with E-state index >= 15 is 0 Å². The molecule has 0 atom stereocenters. The van der Waals surface area contributed by atoms with Gasteiger partial charge in [-0.15, -0.1) is 0 Å². The van der Waals surface area contributed by atoms with Gasteiger partial charge < -0.3 is 5.32 Å². The van der Waals surface area contributed by atoms with Crippen molar-refractivity contribution in [3.8, 4) is 0 Å². The molecule has 22 heavy (non-hydrogen) atoms. The zero-order chi connectivity index (χ0) is 15.8. The number of nitrogens with one attached hydrogen (secondary N) is 2. The Labute approximate surface area is 127 Å². The largest absolute Gasteiger partial charge is 0.324 e. The van der Waals surface area contributed by atoms with E-state index in [9.17, 15) is 9.59 Å². The Kier molecular flexibility index (Phi) is 5.31. The molecule has 0 radical (unpaired) electrons. The summed E-state index contributed by atoms with van der Waals surface area (Å²) in [4.78, 5) is 31.3. The predicted molar refractivity (Wildman–Crippen MR) is 82.3 cm³/mol. The van der Waals surface area contributed by atoms with Crippen molar-refractivity contribution >= 4 is 23.2 Å². The van der Waals surface area contributed by atoms with Crippen molar-refractivity contribution in [3.63, 3.8) is 0 Å². The predicted octanol–water partition coefficient (Wildman–Crippen LogP) is 1.61. The van der Waals surface area contributed by atoms with E-state index in [1.807, 2.05) is 0 Å². The second-order valence-electron chi connectivity index (χ2n) is 4.50. The summed E-state index contributed by atoms with van der Waals surface area (Å²) in [5.41, 5.74) is 3.88. The fourth-order valence-electron chi connectivity index (χ4n) is 1.62. The first-order chi connectivity index (χ1) is 10.6. The van der Waals surface area contributed by atoms with E-state index in [0.717, 1.165) is 0 Å². The average molecular weight is 297 g/mol. The smallest absolute Gasteiger partial charge is 0.272 e. The van der Waals surface area contributed by atoms with Crippen LogP contribution in [-0.4, -0.2) is 27.5 Å². The van der Waals surface area contributed by atoms with Gasteiger partial charge in [-0.05, 0) is 31.2 Å². The third-order valence-electron chi connectivity index (χ3n) is 2.63. The van der Waals surface area contributed by atoms with Crippen LogP contribution >= 0.6 is 0 Å². The Hall–Kier alpha value is -3.09. The maximum absolute atomic E-state index is 11.8. The van der Waals surface area contributed by atoms with Gasteiger partial charge in [-0.2, -0.15) is 5.10 Å². The molecule has 2 aromatic rings. The number of amides is 2. The van der Waals surface area contributed by atoms with E-state index in [0.29, 0.717) is 17.0 Å². The fraction of sp³-hybridized carbons (Fsp3) is 0.133. The van der Waals surface area contributed by atoms with Crippen LogP contribution in [0.1, 0.15) is 23.7 Å². The van der Waals surface area contributed by atoms with Crippen LogP contribution < -0.4 is 10.7 Å². The van der Waals surface area contributed by atoms with Crippen LogP contribution in [-0.2, 0) is 4.79 Å². The molecule has 2 aromatic heterocycles. The molecule has 0 saturated heterocycles. The molecule has 0 aliphatic rings. The molecule has 2 amide bonds. The highest BCUT2D eigenvalue weighted by atomic mass is 16.2. The highest BCUT2D eigenvalue weighted by molar-refractivity contribution is 6.06. The average Bonchev–Trinajstić information content (AvgIpc) is 2.54. The van der Waals surface area contributed by atoms with Gasteiger partial charge in [0.25, 0.3) is 5.91 Å². The Morgan fingerprint density at radius 1 is 1.14 bits per heavy atom. The Bertz CT molecular complexity index is 671. The number of hydrogen-bond acceptors (Lipinski definition) is 5. The molecule has 0 aliphatic carbocycles. The summed E-state index contributed by atoms with van der Waals surface area (Å²) in [7, 11) is 0. The van der Waals surface area contributed by atoms with Gasteiger partial charge in [-0.3, -0.25) is 19.6 Å². The van der Waals surface area contributed by atoms with Crippen LogP contribution in [0, 0.1) is 0 Å². The van der Waals surface area contributed by atoms with Crippen LogP contribution in [0.3, 0.4) is 0 Å². The Morgan fingerprint density at radius 2 is 1.86 bits per heavy atom. The lowest BCUT2D eigenvalue weighted by Gasteiger charge is -2.05. The zero-order valence-electron chi connectivity index (χ0n) is 12.0. The normalized spacial score (nSPS) is 10.9. The van der Waals surface area contributed by atoms with E-state index in [2.05, 4.69) is 25.8 Å². The molecule has 2 rings (SSSR count). The molecule has 0 saturated carbocycles. The van der Waals surface area contributed by atoms with Gasteiger partial charge in [-0.25, -0.2) is 5.43 Å². The summed E-state index contributed by atoms with van der Waals surface area (Å²) in [5.74, 6) is -0.606. The number of nitrogens with zero attached hydrogens (tertiary/aromatic N) is 3. The number of hydrogen-bond donors (Lipinski definition) is 2. The van der Waals surface area contributed by atoms with Crippen LogP contribution in [0.15, 0.2) is 54.2 Å². The number of rotatable bonds is 5. The maximum Gasteiger partial charge on any atom is 0.272 e. The van der Waals surface area contributed by atoms with Crippen LogP contribution in [0.25, 0.3) is 0 Å². The summed E-state index contributed by atoms with van der Waals surface area (Å²) in [5, 5.41) is 6.58. The van der Waals surface area contributed by atoms with E-state index in [4.69, 9.17) is 0 Å². The van der Waals surface area contributed by atoms with Gasteiger partial charge in [0.15, 0.2) is 0 Å². The Morgan fingerprint density at radius 3 is 2.50 bits per heavy atom. The van der Waals surface area contributed by atoms with Gasteiger partial charge in [0.2, 0.25) is 5.91 Å². The van der Waals surface area contributed by atoms with Gasteiger partial charge in [-0.1, -0.05) is 0 Å². The molecule has 0 fully saturated rings. The molecule has 0 spiro atoms. The fourth-order valence-corrected chi connectivity index (χ4v) is 1.62. The zero-order valence-corrected chi connectivity index (χ0v) is 12.0. The Balaban J connectivity index is 1.85. The minimum Gasteiger partial charge on any atom is -0.324 e. The minimum absolute atomic E-state index is 0.0716. The van der Waals surface area contributed by atoms with E-state index in [1.54, 1.807) is 49.8 Å². The molecule has 0 unspecified atom stereocenters. The van der Waals surface area contributed by atoms with Crippen molar-refractivity contribution in [3.05, 3.63) is 54.6 Å². The molecular formula is C15H15N5O2. The third-order valence-corrected chi connectivity index (χ3v) is 2.63. The van der Waals surface area contributed by atoms with Gasteiger partial charge in [0.1, 0.15) is 0 Å². The molecule has 0 bridgehead atoms. The number of carbonyl (C=O) groups is 2. The lowest BCUT2D eigenvalue weighted by atomic mass is 10.2. The lowest BCUT2D eigenvalue weighted by molar-refractivity contribution is -0.115. The molecule has 112 valence electrons. The molecule has 7 nitrogen and oxygen atoms in total. The summed E-state index contributed by atoms with van der Waals surface area (Å²) in [6.45, 7) is 1.66. The SMILES string of the molecule is CC(CC(=O)Nc1cccnc1)=NNC(=O)c1cccnc1. The summed E-state index contributed by atoms with van der Waals surface area (Å²) in [6.07, 6.45) is 6.26. The second kappa shape index (κ2) is 7.63. The third kappa shape index (κ3) is 4.78. The summed E-state index contributed by atoms with van der Waals surface area (Å²) >= 11 is 0. The van der Waals surface area contributed by atoms with Gasteiger partial charge in [0.05, 0.1) is 23.9 Å². The standard InChI is InChI=1S/C15H15N5O2/c1-11(8-14(21)18-13-5-3-7-17-10-13)19-20-15(22)12-4-2-6-16-9-12/h2-7,9-10H,8H2,1H3,(H,18,21)(H,20,22). The van der Waals surface area contributed by atoms with Gasteiger partial charge in [0, 0.05) is 24.3 Å². The number of hydrazone groups is 1. The van der Waals surface area contributed by atoms with Crippen LogP contribution in [0.4, 0.5) is 5.69 Å². The van der Waals surface area contributed by atoms with Crippen molar-refractivity contribution < 1.29 is 9.59 Å². The first kappa shape index (κ1) is 15.3.